The molecule has 1 aromatic carbocycles. The van der Waals surface area contributed by atoms with Crippen LogP contribution >= 0.6 is 0 Å². The zero-order chi connectivity index (χ0) is 17.2. The number of hydrogen-bond acceptors (Lipinski definition) is 2. The first kappa shape index (κ1) is 17.4. The first-order chi connectivity index (χ1) is 10.8. The Balaban J connectivity index is 1.91. The fourth-order valence-electron chi connectivity index (χ4n) is 2.55. The van der Waals surface area contributed by atoms with Crippen LogP contribution in [-0.4, -0.2) is 24.9 Å². The normalized spacial score (nSPS) is 20.0. The minimum atomic E-state index is -0.897. The topological polar surface area (TPSA) is 58.2 Å². The van der Waals surface area contributed by atoms with Crippen molar-refractivity contribution in [3.8, 4) is 0 Å². The number of benzene rings is 1. The summed E-state index contributed by atoms with van der Waals surface area (Å²) in [5.41, 5.74) is -0.478. The van der Waals surface area contributed by atoms with Gasteiger partial charge in [0.1, 0.15) is 0 Å². The molecule has 0 unspecified atom stereocenters. The first-order valence-electron chi connectivity index (χ1n) is 7.78. The second-order valence-electron chi connectivity index (χ2n) is 6.55. The smallest absolute Gasteiger partial charge is 0.227 e. The van der Waals surface area contributed by atoms with Gasteiger partial charge in [-0.2, -0.15) is 0 Å². The minimum Gasteiger partial charge on any atom is -0.356 e. The number of nitrogens with one attached hydrogen (secondary N) is 2. The molecule has 0 aromatic heterocycles. The number of rotatable bonds is 6. The lowest BCUT2D eigenvalue weighted by atomic mass is 9.92. The average molecular weight is 324 g/mol. The van der Waals surface area contributed by atoms with E-state index in [2.05, 4.69) is 10.6 Å². The van der Waals surface area contributed by atoms with Gasteiger partial charge in [-0.25, -0.2) is 8.78 Å². The van der Waals surface area contributed by atoms with E-state index in [1.54, 1.807) is 13.8 Å². The van der Waals surface area contributed by atoms with Crippen molar-refractivity contribution in [2.45, 2.75) is 33.1 Å². The molecule has 6 heteroatoms. The van der Waals surface area contributed by atoms with Gasteiger partial charge in [-0.15, -0.1) is 0 Å². The van der Waals surface area contributed by atoms with Gasteiger partial charge < -0.3 is 10.6 Å². The maximum Gasteiger partial charge on any atom is 0.227 e. The number of amides is 2. The molecule has 1 saturated carbocycles. The molecule has 0 radical (unpaired) electrons. The fourth-order valence-corrected chi connectivity index (χ4v) is 2.55. The highest BCUT2D eigenvalue weighted by atomic mass is 19.2. The largest absolute Gasteiger partial charge is 0.356 e. The van der Waals surface area contributed by atoms with Crippen molar-refractivity contribution in [3.05, 3.63) is 35.4 Å². The van der Waals surface area contributed by atoms with Gasteiger partial charge in [0.2, 0.25) is 11.8 Å². The van der Waals surface area contributed by atoms with Gasteiger partial charge in [-0.1, -0.05) is 12.1 Å². The Labute approximate surface area is 134 Å². The molecule has 2 rings (SSSR count). The lowest BCUT2D eigenvalue weighted by Crippen LogP contribution is -2.45. The van der Waals surface area contributed by atoms with Gasteiger partial charge in [0, 0.05) is 19.0 Å². The molecule has 4 nitrogen and oxygen atoms in total. The summed E-state index contributed by atoms with van der Waals surface area (Å²) in [7, 11) is 0. The summed E-state index contributed by atoms with van der Waals surface area (Å²) < 4.78 is 27.0. The van der Waals surface area contributed by atoms with Crippen molar-refractivity contribution in [1.82, 2.24) is 10.6 Å². The molecule has 1 aliphatic carbocycles. The molecule has 0 heterocycles. The van der Waals surface area contributed by atoms with Crippen LogP contribution in [0.1, 0.15) is 38.7 Å². The van der Waals surface area contributed by atoms with E-state index in [0.717, 1.165) is 6.07 Å². The van der Waals surface area contributed by atoms with Crippen LogP contribution in [0.5, 0.6) is 0 Å². The van der Waals surface area contributed by atoms with Gasteiger partial charge in [0.15, 0.2) is 11.6 Å². The Morgan fingerprint density at radius 2 is 1.96 bits per heavy atom. The zero-order valence-electron chi connectivity index (χ0n) is 13.6. The van der Waals surface area contributed by atoms with E-state index in [1.807, 2.05) is 6.92 Å². The Hall–Kier alpha value is -1.98. The second-order valence-corrected chi connectivity index (χ2v) is 6.55. The summed E-state index contributed by atoms with van der Waals surface area (Å²) in [6, 6.07) is 4.01. The zero-order valence-corrected chi connectivity index (χ0v) is 13.6. The number of hydrogen-bond donors (Lipinski definition) is 2. The van der Waals surface area contributed by atoms with Gasteiger partial charge in [0.25, 0.3) is 0 Å². The van der Waals surface area contributed by atoms with Crippen LogP contribution in [0.4, 0.5) is 8.78 Å². The van der Waals surface area contributed by atoms with Crippen LogP contribution < -0.4 is 10.6 Å². The lowest BCUT2D eigenvalue weighted by Gasteiger charge is -2.23. The average Bonchev–Trinajstić information content (AvgIpc) is 3.28. The molecule has 1 aliphatic rings. The maximum absolute atomic E-state index is 13.7. The summed E-state index contributed by atoms with van der Waals surface area (Å²) in [5.74, 6) is -2.80. The molecular weight excluding hydrogens is 302 g/mol. The molecule has 1 fully saturated rings. The molecule has 0 spiro atoms. The van der Waals surface area contributed by atoms with Crippen molar-refractivity contribution in [2.24, 2.45) is 11.3 Å². The summed E-state index contributed by atoms with van der Waals surface area (Å²) in [6.07, 6.45) is 0.494. The quantitative estimate of drug-likeness (QED) is 0.844. The molecule has 0 bridgehead atoms. The Morgan fingerprint density at radius 3 is 2.61 bits per heavy atom. The maximum atomic E-state index is 13.7. The standard InChI is InChI=1S/C17H22F2N2O2/c1-4-20-16(23)17(2,3)9-21-15(22)12-8-11(12)10-6-5-7-13(18)14(10)19/h5-7,11-12H,4,8-9H2,1-3H3,(H,20,23)(H,21,22)/t11-,12-/m0/s1. The highest BCUT2D eigenvalue weighted by Gasteiger charge is 2.46. The SMILES string of the molecule is CCNC(=O)C(C)(C)CNC(=O)[C@H]1C[C@H]1c1cccc(F)c1F. The highest BCUT2D eigenvalue weighted by Crippen LogP contribution is 2.48. The van der Waals surface area contributed by atoms with Gasteiger partial charge >= 0.3 is 0 Å². The third kappa shape index (κ3) is 3.86. The van der Waals surface area contributed by atoms with Crippen molar-refractivity contribution in [3.63, 3.8) is 0 Å². The molecule has 23 heavy (non-hydrogen) atoms. The van der Waals surface area contributed by atoms with E-state index < -0.39 is 17.0 Å². The Bertz CT molecular complexity index is 617. The molecule has 0 aliphatic heterocycles. The van der Waals surface area contributed by atoms with E-state index in [1.165, 1.54) is 12.1 Å². The molecule has 2 atom stereocenters. The van der Waals surface area contributed by atoms with Gasteiger partial charge in [-0.3, -0.25) is 9.59 Å². The number of carbonyl (C=O) groups excluding carboxylic acids is 2. The van der Waals surface area contributed by atoms with E-state index in [-0.39, 0.29) is 35.8 Å². The predicted molar refractivity (Wildman–Crippen MR) is 82.7 cm³/mol. The molecular formula is C17H22F2N2O2. The summed E-state index contributed by atoms with van der Waals surface area (Å²) in [4.78, 5) is 24.0. The highest BCUT2D eigenvalue weighted by molar-refractivity contribution is 5.85. The third-order valence-electron chi connectivity index (χ3n) is 4.16. The fraction of sp³-hybridized carbons (Fsp3) is 0.529. The van der Waals surface area contributed by atoms with Crippen LogP contribution in [0.15, 0.2) is 18.2 Å². The first-order valence-corrected chi connectivity index (χ1v) is 7.78. The second kappa shape index (κ2) is 6.64. The van der Waals surface area contributed by atoms with Crippen LogP contribution in [0.2, 0.25) is 0 Å². The van der Waals surface area contributed by atoms with Crippen molar-refractivity contribution in [2.75, 3.05) is 13.1 Å². The van der Waals surface area contributed by atoms with Crippen molar-refractivity contribution in [1.29, 1.82) is 0 Å². The summed E-state index contributed by atoms with van der Waals surface area (Å²) >= 11 is 0. The van der Waals surface area contributed by atoms with E-state index >= 15 is 0 Å². The van der Waals surface area contributed by atoms with Crippen LogP contribution in [0, 0.1) is 23.0 Å². The molecule has 0 saturated heterocycles. The van der Waals surface area contributed by atoms with E-state index in [0.29, 0.717) is 13.0 Å². The summed E-state index contributed by atoms with van der Waals surface area (Å²) in [6.45, 7) is 6.05. The number of halogens is 2. The van der Waals surface area contributed by atoms with E-state index in [9.17, 15) is 18.4 Å². The van der Waals surface area contributed by atoms with Crippen LogP contribution in [-0.2, 0) is 9.59 Å². The molecule has 1 aromatic rings. The third-order valence-corrected chi connectivity index (χ3v) is 4.16. The lowest BCUT2D eigenvalue weighted by molar-refractivity contribution is -0.130. The minimum absolute atomic E-state index is 0.135. The Morgan fingerprint density at radius 1 is 1.26 bits per heavy atom. The Kier molecular flexibility index (Phi) is 5.02. The monoisotopic (exact) mass is 324 g/mol. The van der Waals surface area contributed by atoms with Crippen molar-refractivity contribution >= 4 is 11.8 Å². The van der Waals surface area contributed by atoms with Gasteiger partial charge in [-0.05, 0) is 44.7 Å². The molecule has 126 valence electrons. The number of carbonyl (C=O) groups is 2. The van der Waals surface area contributed by atoms with Crippen molar-refractivity contribution < 1.29 is 18.4 Å². The molecule has 2 amide bonds. The van der Waals surface area contributed by atoms with E-state index in [4.69, 9.17) is 0 Å². The summed E-state index contributed by atoms with van der Waals surface area (Å²) in [5, 5.41) is 5.46. The van der Waals surface area contributed by atoms with Gasteiger partial charge in [0.05, 0.1) is 5.41 Å². The predicted octanol–water partition coefficient (Wildman–Crippen LogP) is 2.35. The molecule has 2 N–H and O–H groups in total. The van der Waals surface area contributed by atoms with Crippen LogP contribution in [0.3, 0.4) is 0 Å². The van der Waals surface area contributed by atoms with Crippen LogP contribution in [0.25, 0.3) is 0 Å².